The third kappa shape index (κ3) is 3.90. The molecule has 11 nitrogen and oxygen atoms in total. The lowest BCUT2D eigenvalue weighted by Gasteiger charge is -2.34. The summed E-state index contributed by atoms with van der Waals surface area (Å²) < 4.78 is 1.64. The highest BCUT2D eigenvalue weighted by Gasteiger charge is 2.42. The van der Waals surface area contributed by atoms with Crippen LogP contribution < -0.4 is 17.2 Å². The molecule has 0 bridgehead atoms. The first-order valence-corrected chi connectivity index (χ1v) is 9.94. The number of aliphatic hydroxyl groups is 2. The molecule has 1 aromatic carbocycles. The van der Waals surface area contributed by atoms with Gasteiger partial charge in [-0.3, -0.25) is 4.79 Å². The highest BCUT2D eigenvalue weighted by atomic mass is 16.3. The fraction of sp³-hybridized carbons (Fsp3) is 0.400. The summed E-state index contributed by atoms with van der Waals surface area (Å²) in [5, 5.41) is 21.8. The number of fused-ring (bicyclic) bond motifs is 1. The first-order chi connectivity index (χ1) is 14.7. The smallest absolute Gasteiger partial charge is 0.254 e. The Labute approximate surface area is 178 Å². The largest absolute Gasteiger partial charge is 0.391 e. The first-order valence-electron chi connectivity index (χ1n) is 9.94. The van der Waals surface area contributed by atoms with Gasteiger partial charge in [0, 0.05) is 31.6 Å². The average molecular weight is 426 g/mol. The lowest BCUT2D eigenvalue weighted by Crippen LogP contribution is -2.42. The molecule has 1 saturated heterocycles. The summed E-state index contributed by atoms with van der Waals surface area (Å²) in [6.07, 6.45) is 0.639. The number of nitrogens with two attached hydrogens (primary N) is 3. The molecule has 4 rings (SSSR count). The molecule has 1 fully saturated rings. The molecule has 2 aromatic heterocycles. The van der Waals surface area contributed by atoms with Gasteiger partial charge in [-0.1, -0.05) is 12.1 Å². The topological polar surface area (TPSA) is 182 Å². The van der Waals surface area contributed by atoms with E-state index in [4.69, 9.17) is 17.2 Å². The molecule has 0 saturated carbocycles. The van der Waals surface area contributed by atoms with E-state index in [0.29, 0.717) is 23.3 Å². The normalized spacial score (nSPS) is 24.3. The molecule has 3 heterocycles. The first kappa shape index (κ1) is 21.0. The van der Waals surface area contributed by atoms with Crippen molar-refractivity contribution in [3.63, 3.8) is 0 Å². The number of hydrogen-bond donors (Lipinski definition) is 5. The SMILES string of the molecule is C[C@]1(O)C[C@@H](O)CN(C(=O)c2ccc(CN)cc2)C[C@@H]1n1cnc2c(N)nc(N)nc21. The Balaban J connectivity index is 1.73. The number of likely N-dealkylation sites (tertiary alicyclic amines) is 1. The van der Waals surface area contributed by atoms with Crippen LogP contribution in [0, 0.1) is 0 Å². The molecule has 1 aliphatic heterocycles. The van der Waals surface area contributed by atoms with Crippen LogP contribution in [0.25, 0.3) is 11.2 Å². The number of nitrogens with zero attached hydrogens (tertiary/aromatic N) is 5. The second-order valence-electron chi connectivity index (χ2n) is 8.13. The number of amides is 1. The van der Waals surface area contributed by atoms with Crippen molar-refractivity contribution in [1.82, 2.24) is 24.4 Å². The van der Waals surface area contributed by atoms with Crippen LogP contribution in [0.4, 0.5) is 11.8 Å². The quantitative estimate of drug-likeness (QED) is 0.373. The van der Waals surface area contributed by atoms with Crippen LogP contribution in [0.2, 0.25) is 0 Å². The van der Waals surface area contributed by atoms with E-state index < -0.39 is 17.7 Å². The minimum Gasteiger partial charge on any atom is -0.391 e. The lowest BCUT2D eigenvalue weighted by atomic mass is 9.91. The summed E-state index contributed by atoms with van der Waals surface area (Å²) in [4.78, 5) is 27.1. The Kier molecular flexibility index (Phi) is 5.25. The Morgan fingerprint density at radius 2 is 1.94 bits per heavy atom. The van der Waals surface area contributed by atoms with Gasteiger partial charge in [0.2, 0.25) is 5.95 Å². The second-order valence-corrected chi connectivity index (χ2v) is 8.13. The van der Waals surface area contributed by atoms with Crippen LogP contribution >= 0.6 is 0 Å². The zero-order valence-electron chi connectivity index (χ0n) is 17.1. The van der Waals surface area contributed by atoms with E-state index in [-0.39, 0.29) is 37.2 Å². The minimum absolute atomic E-state index is 0.0204. The second kappa shape index (κ2) is 7.76. The highest BCUT2D eigenvalue weighted by Crippen LogP contribution is 2.34. The van der Waals surface area contributed by atoms with Gasteiger partial charge < -0.3 is 36.9 Å². The summed E-state index contributed by atoms with van der Waals surface area (Å²) in [6.45, 7) is 2.20. The van der Waals surface area contributed by atoms with E-state index >= 15 is 0 Å². The maximum atomic E-state index is 13.2. The fourth-order valence-electron chi connectivity index (χ4n) is 4.12. The molecule has 164 valence electrons. The number of carbonyl (C=O) groups is 1. The van der Waals surface area contributed by atoms with Crippen molar-refractivity contribution < 1.29 is 15.0 Å². The molecule has 0 spiro atoms. The number of aromatic nitrogens is 4. The molecule has 0 radical (unpaired) electrons. The van der Waals surface area contributed by atoms with Crippen molar-refractivity contribution in [2.45, 2.75) is 37.6 Å². The molecule has 3 aromatic rings. The Hall–Kier alpha value is -3.28. The van der Waals surface area contributed by atoms with Gasteiger partial charge in [0.05, 0.1) is 24.1 Å². The van der Waals surface area contributed by atoms with E-state index in [0.717, 1.165) is 5.56 Å². The Bertz CT molecular complexity index is 1110. The van der Waals surface area contributed by atoms with Gasteiger partial charge in [-0.2, -0.15) is 9.97 Å². The summed E-state index contributed by atoms with van der Waals surface area (Å²) in [7, 11) is 0. The van der Waals surface area contributed by atoms with Gasteiger partial charge in [0.1, 0.15) is 5.52 Å². The van der Waals surface area contributed by atoms with E-state index in [1.54, 1.807) is 35.8 Å². The van der Waals surface area contributed by atoms with Crippen molar-refractivity contribution in [3.8, 4) is 0 Å². The van der Waals surface area contributed by atoms with Crippen molar-refractivity contribution in [3.05, 3.63) is 41.7 Å². The molecule has 31 heavy (non-hydrogen) atoms. The zero-order valence-corrected chi connectivity index (χ0v) is 17.1. The molecule has 8 N–H and O–H groups in total. The third-order valence-electron chi connectivity index (χ3n) is 5.72. The third-order valence-corrected chi connectivity index (χ3v) is 5.72. The molecule has 0 unspecified atom stereocenters. The maximum Gasteiger partial charge on any atom is 0.254 e. The number of β-amino-alcohol motifs (C(OH)–C–C–N with tert-alkyl or cyclic N) is 1. The minimum atomic E-state index is -1.36. The molecule has 11 heteroatoms. The van der Waals surface area contributed by atoms with Gasteiger partial charge in [-0.25, -0.2) is 4.98 Å². The maximum absolute atomic E-state index is 13.2. The van der Waals surface area contributed by atoms with Crippen LogP contribution in [-0.4, -0.2) is 65.3 Å². The number of rotatable bonds is 3. The van der Waals surface area contributed by atoms with E-state index in [1.165, 1.54) is 11.2 Å². The van der Waals surface area contributed by atoms with Crippen LogP contribution in [0.5, 0.6) is 0 Å². The van der Waals surface area contributed by atoms with E-state index in [2.05, 4.69) is 15.0 Å². The predicted octanol–water partition coefficient (Wildman–Crippen LogP) is -0.351. The van der Waals surface area contributed by atoms with Gasteiger partial charge in [-0.05, 0) is 24.6 Å². The van der Waals surface area contributed by atoms with Crippen molar-refractivity contribution in [1.29, 1.82) is 0 Å². The lowest BCUT2D eigenvalue weighted by molar-refractivity contribution is -0.0217. The molecule has 1 aliphatic rings. The summed E-state index contributed by atoms with van der Waals surface area (Å²) in [6, 6.07) is 6.34. The summed E-state index contributed by atoms with van der Waals surface area (Å²) in [5.74, 6) is -0.154. The van der Waals surface area contributed by atoms with Crippen molar-refractivity contribution in [2.24, 2.45) is 5.73 Å². The standard InChI is InChI=1S/C20H26N8O3/c1-20(31)6-13(29)8-27(18(30)12-4-2-11(7-21)3-5-12)9-14(20)28-10-24-15-16(22)25-19(23)26-17(15)28/h2-5,10,13-14,29,31H,6-9,21H2,1H3,(H4,22,23,25,26)/t13-,14+,20+/m1/s1. The number of anilines is 2. The molecular formula is C20H26N8O3. The van der Waals surface area contributed by atoms with Crippen LogP contribution in [0.15, 0.2) is 30.6 Å². The van der Waals surface area contributed by atoms with Crippen LogP contribution in [-0.2, 0) is 6.54 Å². The van der Waals surface area contributed by atoms with Gasteiger partial charge in [0.15, 0.2) is 11.5 Å². The zero-order chi connectivity index (χ0) is 22.3. The van der Waals surface area contributed by atoms with Crippen molar-refractivity contribution in [2.75, 3.05) is 24.6 Å². The Morgan fingerprint density at radius 3 is 2.61 bits per heavy atom. The molecule has 0 aliphatic carbocycles. The molecular weight excluding hydrogens is 400 g/mol. The van der Waals surface area contributed by atoms with E-state index in [9.17, 15) is 15.0 Å². The Morgan fingerprint density at radius 1 is 1.23 bits per heavy atom. The predicted molar refractivity (Wildman–Crippen MR) is 115 cm³/mol. The van der Waals surface area contributed by atoms with Gasteiger partial charge >= 0.3 is 0 Å². The van der Waals surface area contributed by atoms with Crippen molar-refractivity contribution >= 4 is 28.8 Å². The van der Waals surface area contributed by atoms with Gasteiger partial charge in [-0.15, -0.1) is 0 Å². The van der Waals surface area contributed by atoms with Crippen LogP contribution in [0.1, 0.15) is 35.3 Å². The number of nitrogen functional groups attached to an aromatic ring is 2. The number of carbonyl (C=O) groups excluding carboxylic acids is 1. The van der Waals surface area contributed by atoms with Gasteiger partial charge in [0.25, 0.3) is 5.91 Å². The molecule has 3 atom stereocenters. The average Bonchev–Trinajstić information content (AvgIpc) is 3.08. The number of benzene rings is 1. The van der Waals surface area contributed by atoms with Crippen LogP contribution in [0.3, 0.4) is 0 Å². The molecule has 1 amide bonds. The number of imidazole rings is 1. The number of aliphatic hydroxyl groups excluding tert-OH is 1. The number of hydrogen-bond acceptors (Lipinski definition) is 9. The monoisotopic (exact) mass is 426 g/mol. The summed E-state index contributed by atoms with van der Waals surface area (Å²) in [5.41, 5.74) is 18.0. The highest BCUT2D eigenvalue weighted by molar-refractivity contribution is 5.94. The van der Waals surface area contributed by atoms with E-state index in [1.807, 2.05) is 0 Å². The summed E-state index contributed by atoms with van der Waals surface area (Å²) >= 11 is 0. The fourth-order valence-corrected chi connectivity index (χ4v) is 4.12.